The minimum Gasteiger partial charge on any atom is -0.441 e. The molecule has 0 saturated carbocycles. The maximum atomic E-state index is 12.5. The van der Waals surface area contributed by atoms with Crippen LogP contribution in [0, 0.1) is 0 Å². The Morgan fingerprint density at radius 1 is 1.00 bits per heavy atom. The number of carbonyl (C=O) groups is 3. The summed E-state index contributed by atoms with van der Waals surface area (Å²) in [6.45, 7) is 25.9. The van der Waals surface area contributed by atoms with Gasteiger partial charge in [0.1, 0.15) is 0 Å². The fourth-order valence-electron chi connectivity index (χ4n) is 6.42. The highest BCUT2D eigenvalue weighted by molar-refractivity contribution is 5.91. The number of fused-ring (bicyclic) bond motifs is 1. The van der Waals surface area contributed by atoms with E-state index < -0.39 is 6.09 Å². The number of aliphatic imine (C=N–C) groups is 1. The van der Waals surface area contributed by atoms with E-state index >= 15 is 0 Å². The summed E-state index contributed by atoms with van der Waals surface area (Å²) in [6.07, 6.45) is 12.5. The van der Waals surface area contributed by atoms with Crippen LogP contribution < -0.4 is 10.6 Å². The summed E-state index contributed by atoms with van der Waals surface area (Å²) in [7, 11) is 1.72. The van der Waals surface area contributed by atoms with Gasteiger partial charge in [0, 0.05) is 63.4 Å². The molecule has 0 radical (unpaired) electrons. The molecule has 0 atom stereocenters. The van der Waals surface area contributed by atoms with Crippen molar-refractivity contribution in [1.29, 1.82) is 0 Å². The third-order valence-corrected chi connectivity index (χ3v) is 8.73. The zero-order chi connectivity index (χ0) is 39.6. The monoisotopic (exact) mass is 739 g/mol. The van der Waals surface area contributed by atoms with Crippen LogP contribution in [0.1, 0.15) is 99.5 Å². The lowest BCUT2D eigenvalue weighted by Gasteiger charge is -2.37. The van der Waals surface area contributed by atoms with Crippen LogP contribution in [0.5, 0.6) is 0 Å². The Bertz CT molecular complexity index is 1320. The fraction of sp³-hybridized carbons (Fsp3) is 0.619. The molecule has 0 bridgehead atoms. The van der Waals surface area contributed by atoms with Gasteiger partial charge in [-0.05, 0) is 109 Å². The SMILES string of the molecule is C=C(/C=C(/C)C=C(C)C)NC=NC.CC.CC(=O)COC(=O)N1CCC(N2CCc3ccccc3NC2=O)CC1.CCCN(CCC)C1CCOCC1. The molecule has 2 fully saturated rings. The van der Waals surface area contributed by atoms with Crippen LogP contribution in [0.25, 0.3) is 0 Å². The second kappa shape index (κ2) is 27.6. The van der Waals surface area contributed by atoms with Gasteiger partial charge in [0.25, 0.3) is 0 Å². The van der Waals surface area contributed by atoms with E-state index in [0.29, 0.717) is 32.5 Å². The molecule has 1 aromatic rings. The zero-order valence-corrected chi connectivity index (χ0v) is 34.3. The molecular weight excluding hydrogens is 668 g/mol. The number of carbonyl (C=O) groups excluding carboxylic acids is 3. The second-order valence-corrected chi connectivity index (χ2v) is 13.6. The molecule has 2 N–H and O–H groups in total. The maximum absolute atomic E-state index is 12.5. The van der Waals surface area contributed by atoms with Crippen molar-refractivity contribution in [3.05, 3.63) is 65.4 Å². The van der Waals surface area contributed by atoms with Crippen LogP contribution in [0.2, 0.25) is 0 Å². The number of anilines is 1. The van der Waals surface area contributed by atoms with Gasteiger partial charge >= 0.3 is 12.1 Å². The van der Waals surface area contributed by atoms with E-state index in [1.165, 1.54) is 56.8 Å². The van der Waals surface area contributed by atoms with Crippen LogP contribution in [-0.2, 0) is 20.7 Å². The maximum Gasteiger partial charge on any atom is 0.410 e. The van der Waals surface area contributed by atoms with Gasteiger partial charge in [-0.2, -0.15) is 0 Å². The van der Waals surface area contributed by atoms with Gasteiger partial charge in [-0.1, -0.05) is 64.1 Å². The van der Waals surface area contributed by atoms with Gasteiger partial charge in [0.2, 0.25) is 0 Å². The Labute approximate surface area is 320 Å². The molecule has 0 spiro atoms. The molecule has 0 aliphatic carbocycles. The van der Waals surface area contributed by atoms with Gasteiger partial charge in [-0.25, -0.2) is 9.59 Å². The van der Waals surface area contributed by atoms with Gasteiger partial charge < -0.3 is 34.8 Å². The minimum absolute atomic E-state index is 0.0810. The Morgan fingerprint density at radius 3 is 2.19 bits per heavy atom. The first kappa shape index (κ1) is 47.1. The number of nitrogens with zero attached hydrogens (tertiary/aromatic N) is 4. The predicted octanol–water partition coefficient (Wildman–Crippen LogP) is 8.24. The second-order valence-electron chi connectivity index (χ2n) is 13.6. The topological polar surface area (TPSA) is 116 Å². The lowest BCUT2D eigenvalue weighted by molar-refractivity contribution is -0.120. The molecular formula is C42H70N6O5. The lowest BCUT2D eigenvalue weighted by Crippen LogP contribution is -2.50. The summed E-state index contributed by atoms with van der Waals surface area (Å²) in [5.74, 6) is -0.177. The molecule has 298 valence electrons. The zero-order valence-electron chi connectivity index (χ0n) is 34.3. The number of amides is 3. The summed E-state index contributed by atoms with van der Waals surface area (Å²) in [5.41, 5.74) is 5.33. The standard InChI is InChI=1S/C18H23N3O4.C11H18N2.C11H23NO.C2H6/c1-13(22)12-25-18(24)20-9-7-15(8-10-20)21-11-6-14-4-2-3-5-16(14)19-17(21)23;1-9(2)6-10(3)7-11(4)13-8-12-5;1-3-7-12(8-4-2)11-5-9-13-10-6-11;1-2/h2-5,15H,6-12H2,1H3,(H,19,23);6-8H,4H2,1-3,5H3,(H,12,13);11H,3-10H2,1-2H3;1-2H3/b;10-7-;;. The first-order valence-electron chi connectivity index (χ1n) is 19.6. The number of hydrogen-bond acceptors (Lipinski definition) is 7. The van der Waals surface area contributed by atoms with E-state index in [4.69, 9.17) is 9.47 Å². The van der Waals surface area contributed by atoms with Crippen LogP contribution in [-0.4, -0.2) is 111 Å². The average molecular weight is 739 g/mol. The molecule has 3 aliphatic heterocycles. The quantitative estimate of drug-likeness (QED) is 0.126. The summed E-state index contributed by atoms with van der Waals surface area (Å²) in [6, 6.07) is 8.67. The summed E-state index contributed by atoms with van der Waals surface area (Å²) < 4.78 is 10.3. The largest absolute Gasteiger partial charge is 0.441 e. The number of hydrogen-bond donors (Lipinski definition) is 2. The van der Waals surface area contributed by atoms with Crippen LogP contribution in [0.4, 0.5) is 15.3 Å². The molecule has 2 saturated heterocycles. The van der Waals surface area contributed by atoms with Crippen molar-refractivity contribution in [3.63, 3.8) is 0 Å². The van der Waals surface area contributed by atoms with Gasteiger partial charge in [-0.3, -0.25) is 9.79 Å². The Balaban J connectivity index is 0.000000426. The summed E-state index contributed by atoms with van der Waals surface area (Å²) in [4.78, 5) is 45.3. The molecule has 3 amide bonds. The first-order chi connectivity index (χ1) is 25.5. The molecule has 11 heteroatoms. The normalized spacial score (nSPS) is 16.3. The van der Waals surface area contributed by atoms with E-state index in [1.807, 2.05) is 56.0 Å². The Morgan fingerprint density at radius 2 is 1.62 bits per heavy atom. The number of likely N-dealkylation sites (tertiary alicyclic amines) is 1. The number of benzene rings is 1. The molecule has 3 heterocycles. The van der Waals surface area contributed by atoms with E-state index in [9.17, 15) is 14.4 Å². The number of ether oxygens (including phenoxy) is 2. The number of Topliss-reactive ketones (excluding diaryl/α,β-unsaturated/α-hetero) is 1. The lowest BCUT2D eigenvalue weighted by atomic mass is 10.0. The van der Waals surface area contributed by atoms with Gasteiger partial charge in [0.15, 0.2) is 12.4 Å². The van der Waals surface area contributed by atoms with Crippen molar-refractivity contribution < 1.29 is 23.9 Å². The summed E-state index contributed by atoms with van der Waals surface area (Å²) >= 11 is 0. The molecule has 0 unspecified atom stereocenters. The number of urea groups is 1. The third-order valence-electron chi connectivity index (χ3n) is 8.73. The minimum atomic E-state index is -0.457. The van der Waals surface area contributed by atoms with Crippen molar-refractivity contribution >= 4 is 29.9 Å². The Hall–Kier alpha value is -3.96. The first-order valence-corrected chi connectivity index (χ1v) is 19.6. The number of nitrogens with one attached hydrogen (secondary N) is 2. The van der Waals surface area contributed by atoms with E-state index in [1.54, 1.807) is 18.3 Å². The van der Waals surface area contributed by atoms with E-state index in [-0.39, 0.29) is 24.5 Å². The van der Waals surface area contributed by atoms with Crippen molar-refractivity contribution in [2.75, 3.05) is 64.9 Å². The van der Waals surface area contributed by atoms with Crippen LogP contribution in [0.15, 0.2) is 64.8 Å². The highest BCUT2D eigenvalue weighted by Gasteiger charge is 2.31. The van der Waals surface area contributed by atoms with Crippen molar-refractivity contribution in [2.45, 2.75) is 112 Å². The molecule has 11 nitrogen and oxygen atoms in total. The molecule has 1 aromatic carbocycles. The van der Waals surface area contributed by atoms with Crippen molar-refractivity contribution in [3.8, 4) is 0 Å². The average Bonchev–Trinajstić information content (AvgIpc) is 3.32. The predicted molar refractivity (Wildman–Crippen MR) is 220 cm³/mol. The number of piperidine rings is 1. The van der Waals surface area contributed by atoms with E-state index in [0.717, 1.165) is 42.6 Å². The van der Waals surface area contributed by atoms with E-state index in [2.05, 4.69) is 60.9 Å². The number of ketones is 1. The van der Waals surface area contributed by atoms with Crippen LogP contribution in [0.3, 0.4) is 0 Å². The van der Waals surface area contributed by atoms with Gasteiger partial charge in [0.05, 0.1) is 6.34 Å². The molecule has 53 heavy (non-hydrogen) atoms. The van der Waals surface area contributed by atoms with Crippen molar-refractivity contribution in [1.82, 2.24) is 20.0 Å². The molecule has 3 aliphatic rings. The number of allylic oxidation sites excluding steroid dienone is 4. The Kier molecular flexibility index (Phi) is 24.5. The summed E-state index contributed by atoms with van der Waals surface area (Å²) in [5, 5.41) is 5.93. The number of rotatable bonds is 12. The highest BCUT2D eigenvalue weighted by atomic mass is 16.6. The third kappa shape index (κ3) is 19.1. The fourth-order valence-corrected chi connectivity index (χ4v) is 6.42. The highest BCUT2D eigenvalue weighted by Crippen LogP contribution is 2.24. The smallest absolute Gasteiger partial charge is 0.410 e. The molecule has 4 rings (SSSR count). The van der Waals surface area contributed by atoms with Gasteiger partial charge in [-0.15, -0.1) is 0 Å². The molecule has 0 aromatic heterocycles. The number of para-hydroxylation sites is 1. The van der Waals surface area contributed by atoms with Crippen molar-refractivity contribution in [2.24, 2.45) is 4.99 Å². The van der Waals surface area contributed by atoms with Crippen LogP contribution >= 0.6 is 0 Å².